The van der Waals surface area contributed by atoms with Crippen LogP contribution in [0.25, 0.3) is 11.6 Å². The van der Waals surface area contributed by atoms with Gasteiger partial charge < -0.3 is 9.73 Å². The number of anilines is 1. The first-order valence-electron chi connectivity index (χ1n) is 8.70. The molecular weight excluding hydrogens is 374 g/mol. The third-order valence-corrected chi connectivity index (χ3v) is 4.14. The molecule has 2 aromatic heterocycles. The van der Waals surface area contributed by atoms with E-state index in [1.54, 1.807) is 12.1 Å². The van der Waals surface area contributed by atoms with Crippen molar-refractivity contribution in [2.24, 2.45) is 0 Å². The fourth-order valence-electron chi connectivity index (χ4n) is 2.73. The van der Waals surface area contributed by atoms with Crippen molar-refractivity contribution in [3.05, 3.63) is 94.2 Å². The van der Waals surface area contributed by atoms with Crippen LogP contribution in [-0.2, 0) is 6.54 Å². The summed E-state index contributed by atoms with van der Waals surface area (Å²) in [6.07, 6.45) is 1.48. The normalized spacial score (nSPS) is 10.6. The maximum absolute atomic E-state index is 13.0. The predicted octanol–water partition coefficient (Wildman–Crippen LogP) is 3.75. The molecule has 1 N–H and O–H groups in total. The molecule has 0 spiro atoms. The van der Waals surface area contributed by atoms with E-state index >= 15 is 0 Å². The maximum Gasteiger partial charge on any atom is 0.281 e. The summed E-state index contributed by atoms with van der Waals surface area (Å²) in [7, 11) is 0. The third-order valence-electron chi connectivity index (χ3n) is 4.14. The number of hydrogen-bond donors (Lipinski definition) is 1. The summed E-state index contributed by atoms with van der Waals surface area (Å²) in [4.78, 5) is 27.8. The molecule has 4 rings (SSSR count). The number of nitro groups is 1. The number of hydrogen-bond acceptors (Lipinski definition) is 7. The van der Waals surface area contributed by atoms with Crippen LogP contribution in [0.4, 0.5) is 11.6 Å². The van der Waals surface area contributed by atoms with Crippen LogP contribution < -0.4 is 5.32 Å². The minimum absolute atomic E-state index is 0.123. The summed E-state index contributed by atoms with van der Waals surface area (Å²) < 4.78 is 6.40. The van der Waals surface area contributed by atoms with Gasteiger partial charge in [-0.3, -0.25) is 14.9 Å². The highest BCUT2D eigenvalue weighted by atomic mass is 16.6. The van der Waals surface area contributed by atoms with Gasteiger partial charge in [0, 0.05) is 24.2 Å². The lowest BCUT2D eigenvalue weighted by Crippen LogP contribution is -2.17. The van der Waals surface area contributed by atoms with Crippen LogP contribution >= 0.6 is 0 Å². The number of aromatic nitrogens is 3. The molecule has 2 aromatic carbocycles. The number of nitrogens with zero attached hydrogens (tertiary/aromatic N) is 4. The molecule has 0 bridgehead atoms. The first-order valence-corrected chi connectivity index (χ1v) is 8.70. The Labute approximate surface area is 164 Å². The van der Waals surface area contributed by atoms with Gasteiger partial charge in [-0.1, -0.05) is 36.4 Å². The van der Waals surface area contributed by atoms with E-state index in [4.69, 9.17) is 4.42 Å². The molecule has 144 valence electrons. The van der Waals surface area contributed by atoms with Gasteiger partial charge in [0.2, 0.25) is 11.8 Å². The molecule has 0 radical (unpaired) electrons. The van der Waals surface area contributed by atoms with Crippen LogP contribution in [0, 0.1) is 10.1 Å². The van der Waals surface area contributed by atoms with Crippen molar-refractivity contribution >= 4 is 17.5 Å². The zero-order valence-corrected chi connectivity index (χ0v) is 15.1. The molecule has 0 fully saturated rings. The fourth-order valence-corrected chi connectivity index (χ4v) is 2.73. The van der Waals surface area contributed by atoms with Gasteiger partial charge in [0.05, 0.1) is 11.2 Å². The molecule has 0 unspecified atom stereocenters. The van der Waals surface area contributed by atoms with Crippen molar-refractivity contribution in [3.8, 4) is 11.6 Å². The largest absolute Gasteiger partial charge is 0.461 e. The first kappa shape index (κ1) is 18.1. The molecule has 9 heteroatoms. The molecule has 4 aromatic rings. The van der Waals surface area contributed by atoms with E-state index in [9.17, 15) is 14.9 Å². The molecule has 0 atom stereocenters. The van der Waals surface area contributed by atoms with Gasteiger partial charge in [-0.15, -0.1) is 5.10 Å². The van der Waals surface area contributed by atoms with E-state index in [1.807, 2.05) is 30.3 Å². The Kier molecular flexibility index (Phi) is 4.85. The maximum atomic E-state index is 13.0. The Hall–Kier alpha value is -4.27. The van der Waals surface area contributed by atoms with Gasteiger partial charge in [-0.2, -0.15) is 9.67 Å². The number of carbonyl (C=O) groups excluding carboxylic acids is 1. The number of carbonyl (C=O) groups is 1. The van der Waals surface area contributed by atoms with Gasteiger partial charge in [-0.05, 0) is 23.8 Å². The number of nitrogens with one attached hydrogen (secondary N) is 1. The highest BCUT2D eigenvalue weighted by molar-refractivity contribution is 5.97. The van der Waals surface area contributed by atoms with Gasteiger partial charge in [0.25, 0.3) is 11.6 Å². The smallest absolute Gasteiger partial charge is 0.281 e. The third kappa shape index (κ3) is 3.88. The molecule has 0 amide bonds. The molecule has 0 aliphatic carbocycles. The molecule has 9 nitrogen and oxygen atoms in total. The number of benzene rings is 2. The molecule has 0 aliphatic heterocycles. The summed E-state index contributed by atoms with van der Waals surface area (Å²) >= 11 is 0. The van der Waals surface area contributed by atoms with Gasteiger partial charge in [-0.25, -0.2) is 0 Å². The second-order valence-corrected chi connectivity index (χ2v) is 6.10. The second kappa shape index (κ2) is 7.77. The molecule has 2 heterocycles. The lowest BCUT2D eigenvalue weighted by Gasteiger charge is -2.07. The first-order chi connectivity index (χ1) is 14.1. The van der Waals surface area contributed by atoms with E-state index in [1.165, 1.54) is 30.5 Å². The Balaban J connectivity index is 1.69. The minimum Gasteiger partial charge on any atom is -0.461 e. The monoisotopic (exact) mass is 389 g/mol. The summed E-state index contributed by atoms with van der Waals surface area (Å²) in [5.41, 5.74) is 0.934. The van der Waals surface area contributed by atoms with Crippen LogP contribution in [0.1, 0.15) is 15.9 Å². The van der Waals surface area contributed by atoms with E-state index in [2.05, 4.69) is 15.4 Å². The standard InChI is InChI=1S/C20H15N5O4/c26-19(15-8-4-9-16(12-15)25(27)28)24-20(21-13-14-6-2-1-3-7-14)22-18(23-24)17-10-5-11-29-17/h1-12H,13H2,(H,21,22,23). The van der Waals surface area contributed by atoms with E-state index in [0.29, 0.717) is 12.3 Å². The average Bonchev–Trinajstić information content (AvgIpc) is 3.42. The van der Waals surface area contributed by atoms with Crippen molar-refractivity contribution in [2.45, 2.75) is 6.54 Å². The van der Waals surface area contributed by atoms with Crippen molar-refractivity contribution < 1.29 is 14.1 Å². The molecule has 29 heavy (non-hydrogen) atoms. The summed E-state index contributed by atoms with van der Waals surface area (Å²) in [5, 5.41) is 18.4. The van der Waals surface area contributed by atoms with Crippen LogP contribution in [-0.4, -0.2) is 25.6 Å². The van der Waals surface area contributed by atoms with Gasteiger partial charge in [0.15, 0.2) is 5.76 Å². The highest BCUT2D eigenvalue weighted by Gasteiger charge is 2.21. The topological polar surface area (TPSA) is 116 Å². The number of non-ortho nitro benzene ring substituents is 1. The van der Waals surface area contributed by atoms with Crippen molar-refractivity contribution in [1.29, 1.82) is 0 Å². The van der Waals surface area contributed by atoms with Crippen LogP contribution in [0.3, 0.4) is 0 Å². The Morgan fingerprint density at radius 1 is 1.10 bits per heavy atom. The summed E-state index contributed by atoms with van der Waals surface area (Å²) in [6, 6.07) is 18.4. The van der Waals surface area contributed by atoms with Gasteiger partial charge >= 0.3 is 0 Å². The lowest BCUT2D eigenvalue weighted by atomic mass is 10.2. The summed E-state index contributed by atoms with van der Waals surface area (Å²) in [6.45, 7) is 0.416. The van der Waals surface area contributed by atoms with E-state index in [-0.39, 0.29) is 23.0 Å². The molecule has 0 saturated heterocycles. The van der Waals surface area contributed by atoms with Crippen molar-refractivity contribution in [3.63, 3.8) is 0 Å². The second-order valence-electron chi connectivity index (χ2n) is 6.10. The van der Waals surface area contributed by atoms with Gasteiger partial charge in [0.1, 0.15) is 0 Å². The van der Waals surface area contributed by atoms with Crippen LogP contribution in [0.5, 0.6) is 0 Å². The zero-order valence-electron chi connectivity index (χ0n) is 15.1. The van der Waals surface area contributed by atoms with Crippen molar-refractivity contribution in [1.82, 2.24) is 14.8 Å². The average molecular weight is 389 g/mol. The predicted molar refractivity (Wildman–Crippen MR) is 104 cm³/mol. The van der Waals surface area contributed by atoms with Crippen LogP contribution in [0.15, 0.2) is 77.4 Å². The number of nitro benzene ring substituents is 1. The van der Waals surface area contributed by atoms with E-state index < -0.39 is 10.8 Å². The van der Waals surface area contributed by atoms with Crippen LogP contribution in [0.2, 0.25) is 0 Å². The zero-order chi connectivity index (χ0) is 20.2. The Bertz CT molecular complexity index is 1150. The Morgan fingerprint density at radius 3 is 2.66 bits per heavy atom. The molecule has 0 aliphatic rings. The fraction of sp³-hybridized carbons (Fsp3) is 0.0500. The lowest BCUT2D eigenvalue weighted by molar-refractivity contribution is -0.384. The SMILES string of the molecule is O=C(c1cccc([N+](=O)[O-])c1)n1nc(-c2ccco2)nc1NCc1ccccc1. The quantitative estimate of drug-likeness (QED) is 0.394. The molecular formula is C20H15N5O4. The number of furan rings is 1. The Morgan fingerprint density at radius 2 is 1.93 bits per heavy atom. The minimum atomic E-state index is -0.555. The highest BCUT2D eigenvalue weighted by Crippen LogP contribution is 2.21. The molecule has 0 saturated carbocycles. The van der Waals surface area contributed by atoms with Crippen molar-refractivity contribution in [2.75, 3.05) is 5.32 Å². The number of rotatable bonds is 6. The summed E-state index contributed by atoms with van der Waals surface area (Å²) in [5.74, 6) is 0.286. The van der Waals surface area contributed by atoms with E-state index in [0.717, 1.165) is 10.2 Å².